The van der Waals surface area contributed by atoms with Gasteiger partial charge in [0.15, 0.2) is 4.77 Å². The first-order valence-corrected chi connectivity index (χ1v) is 5.81. The van der Waals surface area contributed by atoms with Crippen molar-refractivity contribution in [2.45, 2.75) is 13.8 Å². The van der Waals surface area contributed by atoms with E-state index in [0.717, 1.165) is 11.1 Å². The molecule has 2 aromatic rings. The van der Waals surface area contributed by atoms with Gasteiger partial charge in [-0.1, -0.05) is 29.8 Å². The molecule has 0 saturated heterocycles. The monoisotopic (exact) mass is 260 g/mol. The molecule has 2 N–H and O–H groups in total. The number of nitrogens with one attached hydrogen (secondary N) is 1. The van der Waals surface area contributed by atoms with Gasteiger partial charge in [0.1, 0.15) is 5.56 Å². The molecule has 0 aliphatic carbocycles. The van der Waals surface area contributed by atoms with Gasteiger partial charge >= 0.3 is 5.97 Å². The fourth-order valence-corrected chi connectivity index (χ4v) is 2.01. The van der Waals surface area contributed by atoms with Crippen LogP contribution in [0.25, 0.3) is 11.3 Å². The highest BCUT2D eigenvalue weighted by atomic mass is 32.1. The quantitative estimate of drug-likeness (QED) is 0.814. The van der Waals surface area contributed by atoms with Crippen molar-refractivity contribution < 1.29 is 9.90 Å². The van der Waals surface area contributed by atoms with E-state index in [0.29, 0.717) is 11.4 Å². The van der Waals surface area contributed by atoms with Gasteiger partial charge in [-0.3, -0.25) is 0 Å². The van der Waals surface area contributed by atoms with Crippen LogP contribution >= 0.6 is 12.2 Å². The molecule has 0 bridgehead atoms. The number of hydrogen-bond donors (Lipinski definition) is 2. The van der Waals surface area contributed by atoms with Crippen molar-refractivity contribution in [3.8, 4) is 11.3 Å². The lowest BCUT2D eigenvalue weighted by molar-refractivity contribution is 0.0696. The third-order valence-corrected chi connectivity index (χ3v) is 2.85. The number of carboxylic acids is 1. The van der Waals surface area contributed by atoms with Gasteiger partial charge in [-0.15, -0.1) is 0 Å². The van der Waals surface area contributed by atoms with E-state index in [4.69, 9.17) is 12.2 Å². The van der Waals surface area contributed by atoms with Crippen LogP contribution in [0.4, 0.5) is 0 Å². The SMILES string of the molecule is Cc1ccc(-c2nc(=S)[nH]c(C)c2C(=O)O)cc1. The van der Waals surface area contributed by atoms with Crippen molar-refractivity contribution in [3.05, 3.63) is 45.9 Å². The van der Waals surface area contributed by atoms with Gasteiger partial charge in [0.2, 0.25) is 0 Å². The first-order valence-electron chi connectivity index (χ1n) is 5.40. The highest BCUT2D eigenvalue weighted by Crippen LogP contribution is 2.23. The second-order valence-corrected chi connectivity index (χ2v) is 4.45. The summed E-state index contributed by atoms with van der Waals surface area (Å²) >= 11 is 5.00. The zero-order valence-electron chi connectivity index (χ0n) is 10.0. The van der Waals surface area contributed by atoms with Crippen LogP contribution in [-0.4, -0.2) is 21.0 Å². The number of aromatic carboxylic acids is 1. The standard InChI is InChI=1S/C13H12N2O2S/c1-7-3-5-9(6-4-7)11-10(12(16)17)8(2)14-13(18)15-11/h3-6H,1-2H3,(H,16,17)(H,14,15,18). The van der Waals surface area contributed by atoms with Crippen molar-refractivity contribution in [1.29, 1.82) is 0 Å². The Morgan fingerprint density at radius 2 is 1.89 bits per heavy atom. The van der Waals surface area contributed by atoms with E-state index in [2.05, 4.69) is 9.97 Å². The summed E-state index contributed by atoms with van der Waals surface area (Å²) in [7, 11) is 0. The minimum Gasteiger partial charge on any atom is -0.478 e. The molecule has 1 aromatic carbocycles. The molecule has 0 amide bonds. The van der Waals surface area contributed by atoms with Gasteiger partial charge in [0.05, 0.1) is 5.69 Å². The summed E-state index contributed by atoms with van der Waals surface area (Å²) in [6, 6.07) is 7.52. The molecule has 0 unspecified atom stereocenters. The Balaban J connectivity index is 2.73. The topological polar surface area (TPSA) is 66.0 Å². The van der Waals surface area contributed by atoms with Crippen LogP contribution in [0.3, 0.4) is 0 Å². The molecule has 1 aromatic heterocycles. The number of aromatic nitrogens is 2. The molecule has 0 aliphatic heterocycles. The lowest BCUT2D eigenvalue weighted by Crippen LogP contribution is -2.07. The number of benzene rings is 1. The zero-order valence-corrected chi connectivity index (χ0v) is 10.8. The number of aromatic amines is 1. The Labute approximate surface area is 109 Å². The molecule has 2 rings (SSSR count). The molecule has 0 spiro atoms. The third-order valence-electron chi connectivity index (χ3n) is 2.66. The van der Waals surface area contributed by atoms with Crippen LogP contribution in [0, 0.1) is 18.6 Å². The van der Waals surface area contributed by atoms with E-state index in [-0.39, 0.29) is 10.3 Å². The minimum absolute atomic E-state index is 0.160. The van der Waals surface area contributed by atoms with Gasteiger partial charge in [-0.05, 0) is 26.1 Å². The van der Waals surface area contributed by atoms with E-state index in [1.165, 1.54) is 0 Å². The Bertz CT molecular complexity index is 660. The predicted octanol–water partition coefficient (Wildman–Crippen LogP) is 3.12. The van der Waals surface area contributed by atoms with Crippen LogP contribution in [-0.2, 0) is 0 Å². The second-order valence-electron chi connectivity index (χ2n) is 4.06. The Morgan fingerprint density at radius 1 is 1.28 bits per heavy atom. The van der Waals surface area contributed by atoms with Crippen molar-refractivity contribution in [1.82, 2.24) is 9.97 Å². The number of aryl methyl sites for hydroxylation is 2. The van der Waals surface area contributed by atoms with Crippen molar-refractivity contribution >= 4 is 18.2 Å². The summed E-state index contributed by atoms with van der Waals surface area (Å²) in [5.74, 6) is -1.01. The first kappa shape index (κ1) is 12.4. The van der Waals surface area contributed by atoms with Crippen LogP contribution in [0.5, 0.6) is 0 Å². The molecular formula is C13H12N2O2S. The number of nitrogens with zero attached hydrogens (tertiary/aromatic N) is 1. The largest absolute Gasteiger partial charge is 0.478 e. The normalized spacial score (nSPS) is 10.3. The molecule has 92 valence electrons. The number of carbonyl (C=O) groups is 1. The lowest BCUT2D eigenvalue weighted by Gasteiger charge is -2.08. The Hall–Kier alpha value is -2.01. The summed E-state index contributed by atoms with van der Waals surface area (Å²) in [5.41, 5.74) is 2.93. The fourth-order valence-electron chi connectivity index (χ4n) is 1.77. The van der Waals surface area contributed by atoms with Crippen molar-refractivity contribution in [2.24, 2.45) is 0 Å². The van der Waals surface area contributed by atoms with Gasteiger partial charge in [0, 0.05) is 11.3 Å². The summed E-state index contributed by atoms with van der Waals surface area (Å²) in [4.78, 5) is 18.2. The molecule has 0 saturated carbocycles. The maximum absolute atomic E-state index is 11.3. The lowest BCUT2D eigenvalue weighted by atomic mass is 10.0. The highest BCUT2D eigenvalue weighted by molar-refractivity contribution is 7.71. The average Bonchev–Trinajstić information content (AvgIpc) is 2.28. The fraction of sp³-hybridized carbons (Fsp3) is 0.154. The number of H-pyrrole nitrogens is 1. The molecule has 1 heterocycles. The molecule has 0 aliphatic rings. The first-order chi connectivity index (χ1) is 8.49. The molecule has 5 heteroatoms. The summed E-state index contributed by atoms with van der Waals surface area (Å²) in [6.45, 7) is 3.65. The maximum atomic E-state index is 11.3. The van der Waals surface area contributed by atoms with Crippen LogP contribution in [0.1, 0.15) is 21.6 Å². The summed E-state index contributed by atoms with van der Waals surface area (Å²) in [6.07, 6.45) is 0. The van der Waals surface area contributed by atoms with Crippen LogP contribution < -0.4 is 0 Å². The van der Waals surface area contributed by atoms with Gasteiger partial charge < -0.3 is 10.1 Å². The van der Waals surface area contributed by atoms with Crippen LogP contribution in [0.15, 0.2) is 24.3 Å². The van der Waals surface area contributed by atoms with Crippen molar-refractivity contribution in [3.63, 3.8) is 0 Å². The Morgan fingerprint density at radius 3 is 2.44 bits per heavy atom. The van der Waals surface area contributed by atoms with E-state index in [1.54, 1.807) is 6.92 Å². The molecule has 4 nitrogen and oxygen atoms in total. The maximum Gasteiger partial charge on any atom is 0.339 e. The zero-order chi connectivity index (χ0) is 13.3. The van der Waals surface area contributed by atoms with Gasteiger partial charge in [-0.2, -0.15) is 0 Å². The molecule has 0 fully saturated rings. The molecule has 0 atom stereocenters. The Kier molecular flexibility index (Phi) is 3.25. The van der Waals surface area contributed by atoms with E-state index in [9.17, 15) is 9.90 Å². The highest BCUT2D eigenvalue weighted by Gasteiger charge is 2.16. The predicted molar refractivity (Wildman–Crippen MR) is 71.3 cm³/mol. The van der Waals surface area contributed by atoms with E-state index in [1.807, 2.05) is 31.2 Å². The summed E-state index contributed by atoms with van der Waals surface area (Å²) in [5, 5.41) is 9.26. The van der Waals surface area contributed by atoms with E-state index < -0.39 is 5.97 Å². The van der Waals surface area contributed by atoms with Gasteiger partial charge in [-0.25, -0.2) is 9.78 Å². The number of rotatable bonds is 2. The minimum atomic E-state index is -1.01. The number of carboxylic acid groups (broad SMARTS) is 1. The number of hydrogen-bond acceptors (Lipinski definition) is 3. The third kappa shape index (κ3) is 2.31. The summed E-state index contributed by atoms with van der Waals surface area (Å²) < 4.78 is 0.285. The van der Waals surface area contributed by atoms with Crippen LogP contribution in [0.2, 0.25) is 0 Å². The smallest absolute Gasteiger partial charge is 0.339 e. The molecular weight excluding hydrogens is 248 g/mol. The average molecular weight is 260 g/mol. The van der Waals surface area contributed by atoms with Crippen molar-refractivity contribution in [2.75, 3.05) is 0 Å². The van der Waals surface area contributed by atoms with E-state index >= 15 is 0 Å². The molecule has 18 heavy (non-hydrogen) atoms. The second kappa shape index (κ2) is 4.70. The molecule has 0 radical (unpaired) electrons. The van der Waals surface area contributed by atoms with Gasteiger partial charge in [0.25, 0.3) is 0 Å².